The van der Waals surface area contributed by atoms with E-state index in [1.807, 2.05) is 6.07 Å². The normalized spacial score (nSPS) is 11.5. The van der Waals surface area contributed by atoms with E-state index in [2.05, 4.69) is 5.32 Å². The Kier molecular flexibility index (Phi) is 4.78. The molecule has 22 heavy (non-hydrogen) atoms. The number of para-hydroxylation sites is 1. The van der Waals surface area contributed by atoms with E-state index in [-0.39, 0.29) is 11.3 Å². The monoisotopic (exact) mass is 298 g/mol. The highest BCUT2D eigenvalue weighted by Gasteiger charge is 2.16. The average Bonchev–Trinajstić information content (AvgIpc) is 2.49. The van der Waals surface area contributed by atoms with Crippen molar-refractivity contribution in [1.82, 2.24) is 0 Å². The van der Waals surface area contributed by atoms with Gasteiger partial charge in [-0.1, -0.05) is 29.8 Å². The van der Waals surface area contributed by atoms with Gasteiger partial charge in [0.05, 0.1) is 5.97 Å². The molecule has 0 heterocycles. The first-order valence-corrected chi connectivity index (χ1v) is 6.82. The molecule has 1 N–H and O–H groups in total. The predicted molar refractivity (Wildman–Crippen MR) is 80.7 cm³/mol. The first kappa shape index (κ1) is 15.6. The van der Waals surface area contributed by atoms with Crippen molar-refractivity contribution in [2.45, 2.75) is 20.0 Å². The number of rotatable bonds is 5. The van der Waals surface area contributed by atoms with Gasteiger partial charge >= 0.3 is 0 Å². The molecule has 2 aromatic rings. The summed E-state index contributed by atoms with van der Waals surface area (Å²) in [6.45, 7) is 3.36. The van der Waals surface area contributed by atoms with E-state index in [1.54, 1.807) is 44.2 Å². The molecule has 2 aromatic carbocycles. The van der Waals surface area contributed by atoms with Crippen LogP contribution in [0.2, 0.25) is 0 Å². The summed E-state index contributed by atoms with van der Waals surface area (Å²) in [5, 5.41) is 13.7. The fraction of sp³-hybridized carbons (Fsp3) is 0.176. The van der Waals surface area contributed by atoms with Crippen molar-refractivity contribution in [3.63, 3.8) is 0 Å². The molecule has 2 rings (SSSR count). The lowest BCUT2D eigenvalue weighted by Crippen LogP contribution is -2.32. The lowest BCUT2D eigenvalue weighted by Gasteiger charge is -2.17. The summed E-state index contributed by atoms with van der Waals surface area (Å²) in [4.78, 5) is 23.2. The highest BCUT2D eigenvalue weighted by molar-refractivity contribution is 6.01. The first-order valence-electron chi connectivity index (χ1n) is 6.82. The molecular formula is C17H16NO4-. The third-order valence-electron chi connectivity index (χ3n) is 3.08. The summed E-state index contributed by atoms with van der Waals surface area (Å²) in [6, 6.07) is 13.6. The SMILES string of the molecule is Cc1ccc(NC(=O)[C@@H](C)Oc2ccccc2)c(C(=O)[O-])c1. The topological polar surface area (TPSA) is 78.5 Å². The summed E-state index contributed by atoms with van der Waals surface area (Å²) in [5.41, 5.74) is 0.908. The largest absolute Gasteiger partial charge is 0.545 e. The Morgan fingerprint density at radius 2 is 1.82 bits per heavy atom. The van der Waals surface area contributed by atoms with Crippen LogP contribution in [0.25, 0.3) is 0 Å². The van der Waals surface area contributed by atoms with E-state index >= 15 is 0 Å². The number of carbonyl (C=O) groups is 2. The Morgan fingerprint density at radius 1 is 1.14 bits per heavy atom. The zero-order chi connectivity index (χ0) is 16.1. The maximum Gasteiger partial charge on any atom is 0.265 e. The third-order valence-corrected chi connectivity index (χ3v) is 3.08. The molecule has 0 radical (unpaired) electrons. The molecule has 0 fully saturated rings. The number of hydrogen-bond acceptors (Lipinski definition) is 4. The van der Waals surface area contributed by atoms with Gasteiger partial charge in [-0.2, -0.15) is 0 Å². The maximum absolute atomic E-state index is 12.1. The molecule has 1 atom stereocenters. The molecule has 0 saturated carbocycles. The van der Waals surface area contributed by atoms with Gasteiger partial charge in [-0.15, -0.1) is 0 Å². The van der Waals surface area contributed by atoms with Crippen molar-refractivity contribution >= 4 is 17.6 Å². The van der Waals surface area contributed by atoms with E-state index in [1.165, 1.54) is 12.1 Å². The zero-order valence-electron chi connectivity index (χ0n) is 12.3. The molecule has 1 amide bonds. The molecule has 0 aromatic heterocycles. The Labute approximate surface area is 128 Å². The molecule has 0 saturated heterocycles. The Balaban J connectivity index is 2.10. The van der Waals surface area contributed by atoms with Crippen LogP contribution in [0.1, 0.15) is 22.8 Å². The Bertz CT molecular complexity index is 682. The fourth-order valence-electron chi connectivity index (χ4n) is 1.93. The Hall–Kier alpha value is -2.82. The van der Waals surface area contributed by atoms with Gasteiger partial charge < -0.3 is 20.0 Å². The number of ether oxygens (including phenoxy) is 1. The van der Waals surface area contributed by atoms with Crippen molar-refractivity contribution in [3.8, 4) is 5.75 Å². The summed E-state index contributed by atoms with van der Waals surface area (Å²) >= 11 is 0. The van der Waals surface area contributed by atoms with E-state index in [0.29, 0.717) is 5.75 Å². The van der Waals surface area contributed by atoms with Crippen LogP contribution in [0, 0.1) is 6.92 Å². The predicted octanol–water partition coefficient (Wildman–Crippen LogP) is 1.76. The number of nitrogens with one attached hydrogen (secondary N) is 1. The number of hydrogen-bond donors (Lipinski definition) is 1. The van der Waals surface area contributed by atoms with Gasteiger partial charge in [0.15, 0.2) is 6.10 Å². The molecule has 5 nitrogen and oxygen atoms in total. The van der Waals surface area contributed by atoms with E-state index in [9.17, 15) is 14.7 Å². The molecule has 0 spiro atoms. The number of amides is 1. The summed E-state index contributed by atoms with van der Waals surface area (Å²) in [7, 11) is 0. The van der Waals surface area contributed by atoms with Crippen molar-refractivity contribution < 1.29 is 19.4 Å². The van der Waals surface area contributed by atoms with E-state index in [4.69, 9.17) is 4.74 Å². The van der Waals surface area contributed by atoms with Crippen LogP contribution in [-0.2, 0) is 4.79 Å². The molecular weight excluding hydrogens is 282 g/mol. The summed E-state index contributed by atoms with van der Waals surface area (Å²) < 4.78 is 5.50. The molecule has 114 valence electrons. The van der Waals surface area contributed by atoms with Crippen LogP contribution in [0.4, 0.5) is 5.69 Å². The number of carbonyl (C=O) groups excluding carboxylic acids is 2. The molecule has 0 aliphatic heterocycles. The number of aromatic carboxylic acids is 1. The average molecular weight is 298 g/mol. The lowest BCUT2D eigenvalue weighted by molar-refractivity contribution is -0.254. The van der Waals surface area contributed by atoms with E-state index in [0.717, 1.165) is 5.56 Å². The molecule has 0 unspecified atom stereocenters. The quantitative estimate of drug-likeness (QED) is 0.912. The van der Waals surface area contributed by atoms with Crippen LogP contribution in [0.15, 0.2) is 48.5 Å². The van der Waals surface area contributed by atoms with Crippen LogP contribution in [0.5, 0.6) is 5.75 Å². The minimum Gasteiger partial charge on any atom is -0.545 e. The van der Waals surface area contributed by atoms with Crippen molar-refractivity contribution in [3.05, 3.63) is 59.7 Å². The first-order chi connectivity index (χ1) is 10.5. The molecule has 0 aliphatic carbocycles. The summed E-state index contributed by atoms with van der Waals surface area (Å²) in [6.07, 6.45) is -0.765. The number of carboxylic acid groups (broad SMARTS) is 1. The van der Waals surface area contributed by atoms with Gasteiger partial charge in [0.2, 0.25) is 0 Å². The van der Waals surface area contributed by atoms with E-state index < -0.39 is 18.0 Å². The number of benzene rings is 2. The Morgan fingerprint density at radius 3 is 2.45 bits per heavy atom. The molecule has 0 aliphatic rings. The lowest BCUT2D eigenvalue weighted by atomic mass is 10.1. The van der Waals surface area contributed by atoms with Gasteiger partial charge in [-0.3, -0.25) is 4.79 Å². The highest BCUT2D eigenvalue weighted by Crippen LogP contribution is 2.18. The van der Waals surface area contributed by atoms with Crippen molar-refractivity contribution in [2.24, 2.45) is 0 Å². The van der Waals surface area contributed by atoms with Crippen LogP contribution in [0.3, 0.4) is 0 Å². The zero-order valence-corrected chi connectivity index (χ0v) is 12.3. The fourth-order valence-corrected chi connectivity index (χ4v) is 1.93. The highest BCUT2D eigenvalue weighted by atomic mass is 16.5. The smallest absolute Gasteiger partial charge is 0.265 e. The second kappa shape index (κ2) is 6.76. The molecule has 0 bridgehead atoms. The second-order valence-electron chi connectivity index (χ2n) is 4.90. The maximum atomic E-state index is 12.1. The van der Waals surface area contributed by atoms with Crippen LogP contribution in [-0.4, -0.2) is 18.0 Å². The summed E-state index contributed by atoms with van der Waals surface area (Å²) in [5.74, 6) is -1.21. The standard InChI is InChI=1S/C17H17NO4/c1-11-8-9-15(14(10-11)17(20)21)18-16(19)12(2)22-13-6-4-3-5-7-13/h3-10,12H,1-2H3,(H,18,19)(H,20,21)/p-1/t12-/m1/s1. The second-order valence-corrected chi connectivity index (χ2v) is 4.90. The minimum absolute atomic E-state index is 0.0553. The van der Waals surface area contributed by atoms with Gasteiger partial charge in [0, 0.05) is 11.3 Å². The van der Waals surface area contributed by atoms with Crippen LogP contribution < -0.4 is 15.2 Å². The van der Waals surface area contributed by atoms with Gasteiger partial charge in [-0.05, 0) is 38.1 Å². The van der Waals surface area contributed by atoms with Crippen LogP contribution >= 0.6 is 0 Å². The third kappa shape index (κ3) is 3.85. The minimum atomic E-state index is -1.34. The van der Waals surface area contributed by atoms with Gasteiger partial charge in [-0.25, -0.2) is 0 Å². The van der Waals surface area contributed by atoms with Crippen molar-refractivity contribution in [1.29, 1.82) is 0 Å². The number of carboxylic acids is 1. The number of aryl methyl sites for hydroxylation is 1. The van der Waals surface area contributed by atoms with Gasteiger partial charge in [0.25, 0.3) is 5.91 Å². The van der Waals surface area contributed by atoms with Crippen molar-refractivity contribution in [2.75, 3.05) is 5.32 Å². The van der Waals surface area contributed by atoms with Gasteiger partial charge in [0.1, 0.15) is 5.75 Å². The molecule has 5 heteroatoms. The number of anilines is 1.